The van der Waals surface area contributed by atoms with Gasteiger partial charge < -0.3 is 19.9 Å². The summed E-state index contributed by atoms with van der Waals surface area (Å²) in [4.78, 5) is 57.9. The first kappa shape index (κ1) is 25.9. The summed E-state index contributed by atoms with van der Waals surface area (Å²) in [6, 6.07) is 6.42. The Balaban J connectivity index is 1.66. The van der Waals surface area contributed by atoms with Crippen LogP contribution in [-0.2, 0) is 19.1 Å². The molecule has 1 unspecified atom stereocenters. The van der Waals surface area contributed by atoms with E-state index in [1.165, 1.54) is 11.1 Å². The van der Waals surface area contributed by atoms with E-state index in [9.17, 15) is 19.2 Å². The van der Waals surface area contributed by atoms with Gasteiger partial charge >= 0.3 is 5.97 Å². The fourth-order valence-electron chi connectivity index (χ4n) is 5.74. The third-order valence-corrected chi connectivity index (χ3v) is 7.55. The zero-order chi connectivity index (χ0) is 25.5. The summed E-state index contributed by atoms with van der Waals surface area (Å²) < 4.78 is 5.15. The van der Waals surface area contributed by atoms with Gasteiger partial charge in [0.1, 0.15) is 12.6 Å². The Morgan fingerprint density at radius 3 is 2.36 bits per heavy atom. The molecule has 2 aliphatic rings. The molecule has 2 aliphatic carbocycles. The Labute approximate surface area is 212 Å². The van der Waals surface area contributed by atoms with Crippen LogP contribution in [0.25, 0.3) is 10.9 Å². The third kappa shape index (κ3) is 5.97. The van der Waals surface area contributed by atoms with Crippen molar-refractivity contribution in [2.45, 2.75) is 83.2 Å². The maximum Gasteiger partial charge on any atom is 0.325 e. The van der Waals surface area contributed by atoms with Crippen LogP contribution in [0.4, 0.5) is 0 Å². The highest BCUT2D eigenvalue weighted by Gasteiger charge is 2.41. The van der Waals surface area contributed by atoms with Gasteiger partial charge in [-0.1, -0.05) is 56.7 Å². The summed E-state index contributed by atoms with van der Waals surface area (Å²) in [7, 11) is 0. The van der Waals surface area contributed by atoms with Crippen LogP contribution in [0.2, 0.25) is 0 Å². The Hall–Kier alpha value is -3.16. The van der Waals surface area contributed by atoms with Crippen LogP contribution >= 0.6 is 0 Å². The lowest BCUT2D eigenvalue weighted by atomic mass is 9.82. The molecule has 2 N–H and O–H groups in total. The Kier molecular flexibility index (Phi) is 8.78. The van der Waals surface area contributed by atoms with Crippen LogP contribution in [0.1, 0.15) is 81.5 Å². The van der Waals surface area contributed by atoms with Crippen molar-refractivity contribution in [2.75, 3.05) is 13.2 Å². The van der Waals surface area contributed by atoms with Crippen molar-refractivity contribution >= 4 is 34.5 Å². The topological polar surface area (TPSA) is 109 Å². The van der Waals surface area contributed by atoms with Gasteiger partial charge in [0.2, 0.25) is 5.91 Å². The van der Waals surface area contributed by atoms with Gasteiger partial charge in [0.05, 0.1) is 12.2 Å². The van der Waals surface area contributed by atoms with Gasteiger partial charge in [0.25, 0.3) is 11.7 Å². The number of hydrogen-bond acceptors (Lipinski definition) is 5. The summed E-state index contributed by atoms with van der Waals surface area (Å²) >= 11 is 0. The summed E-state index contributed by atoms with van der Waals surface area (Å²) in [6.45, 7) is 1.41. The fourth-order valence-corrected chi connectivity index (χ4v) is 5.74. The van der Waals surface area contributed by atoms with E-state index in [1.807, 2.05) is 12.1 Å². The van der Waals surface area contributed by atoms with Gasteiger partial charge in [0.15, 0.2) is 0 Å². The van der Waals surface area contributed by atoms with E-state index in [0.717, 1.165) is 69.7 Å². The number of Topliss-reactive ketones (excluding diaryl/α,β-unsaturated/α-hetero) is 1. The SMILES string of the molecule is CCOC(=O)CN(C(=O)C(=O)c1c[nH]c2ccccc12)C(C(=O)NC1CCCCC1)C1CCCCC1. The molecule has 36 heavy (non-hydrogen) atoms. The van der Waals surface area contributed by atoms with Crippen LogP contribution in [-0.4, -0.2) is 58.7 Å². The average molecular weight is 496 g/mol. The Bertz CT molecular complexity index is 1080. The molecule has 1 heterocycles. The minimum Gasteiger partial charge on any atom is -0.465 e. The lowest BCUT2D eigenvalue weighted by Crippen LogP contribution is -2.58. The number of aromatic nitrogens is 1. The van der Waals surface area contributed by atoms with Crippen molar-refractivity contribution in [1.29, 1.82) is 0 Å². The number of esters is 1. The van der Waals surface area contributed by atoms with Crippen molar-refractivity contribution in [3.8, 4) is 0 Å². The second kappa shape index (κ2) is 12.2. The second-order valence-electron chi connectivity index (χ2n) is 10.0. The minimum atomic E-state index is -0.890. The summed E-state index contributed by atoms with van der Waals surface area (Å²) in [5.41, 5.74) is 0.976. The number of amides is 2. The Morgan fingerprint density at radius 2 is 1.67 bits per heavy atom. The van der Waals surface area contributed by atoms with Crippen LogP contribution in [0, 0.1) is 5.92 Å². The number of ketones is 1. The van der Waals surface area contributed by atoms with Gasteiger partial charge in [0, 0.05) is 23.1 Å². The molecule has 1 aromatic carbocycles. The number of rotatable bonds is 9. The molecular formula is C28H37N3O5. The average Bonchev–Trinajstić information content (AvgIpc) is 3.33. The molecular weight excluding hydrogens is 458 g/mol. The molecule has 2 saturated carbocycles. The molecule has 4 rings (SSSR count). The number of benzene rings is 1. The molecule has 0 spiro atoms. The summed E-state index contributed by atoms with van der Waals surface area (Å²) in [5, 5.41) is 3.79. The van der Waals surface area contributed by atoms with Crippen LogP contribution in [0.3, 0.4) is 0 Å². The molecule has 1 atom stereocenters. The third-order valence-electron chi connectivity index (χ3n) is 7.55. The smallest absolute Gasteiger partial charge is 0.325 e. The van der Waals surface area contributed by atoms with Crippen LogP contribution in [0.15, 0.2) is 30.5 Å². The zero-order valence-corrected chi connectivity index (χ0v) is 21.1. The number of para-hydroxylation sites is 1. The van der Waals surface area contributed by atoms with Crippen LogP contribution < -0.4 is 5.32 Å². The van der Waals surface area contributed by atoms with Crippen molar-refractivity contribution < 1.29 is 23.9 Å². The van der Waals surface area contributed by atoms with E-state index in [-0.39, 0.29) is 30.0 Å². The monoisotopic (exact) mass is 495 g/mol. The highest BCUT2D eigenvalue weighted by Crippen LogP contribution is 2.31. The first-order chi connectivity index (χ1) is 17.5. The molecule has 2 fully saturated rings. The standard InChI is InChI=1S/C28H37N3O5/c1-2-36-24(32)18-31(28(35)26(33)22-17-29-23-16-10-9-15-21(22)23)25(19-11-5-3-6-12-19)27(34)30-20-13-7-4-8-14-20/h9-10,15-17,19-20,25,29H,2-8,11-14,18H2,1H3,(H,30,34). The number of ether oxygens (including phenoxy) is 1. The number of hydrogen-bond donors (Lipinski definition) is 2. The van der Waals surface area contributed by atoms with E-state index < -0.39 is 30.2 Å². The molecule has 2 aromatic rings. The maximum absolute atomic E-state index is 13.8. The molecule has 0 saturated heterocycles. The predicted octanol–water partition coefficient (Wildman–Crippen LogP) is 4.14. The molecule has 0 bridgehead atoms. The normalized spacial score (nSPS) is 17.9. The van der Waals surface area contributed by atoms with Crippen LogP contribution in [0.5, 0.6) is 0 Å². The Morgan fingerprint density at radius 1 is 1.00 bits per heavy atom. The number of H-pyrrole nitrogens is 1. The molecule has 1 aromatic heterocycles. The van der Waals surface area contributed by atoms with Gasteiger partial charge in [-0.25, -0.2) is 0 Å². The molecule has 8 nitrogen and oxygen atoms in total. The van der Waals surface area contributed by atoms with Crippen molar-refractivity contribution in [2.24, 2.45) is 5.92 Å². The zero-order valence-electron chi connectivity index (χ0n) is 21.1. The molecule has 194 valence electrons. The highest BCUT2D eigenvalue weighted by molar-refractivity contribution is 6.45. The van der Waals surface area contributed by atoms with Crippen molar-refractivity contribution in [3.05, 3.63) is 36.0 Å². The molecule has 2 amide bonds. The minimum absolute atomic E-state index is 0.0567. The number of fused-ring (bicyclic) bond motifs is 1. The number of nitrogens with one attached hydrogen (secondary N) is 2. The number of carbonyl (C=O) groups excluding carboxylic acids is 4. The van der Waals surface area contributed by atoms with E-state index >= 15 is 0 Å². The van der Waals surface area contributed by atoms with E-state index in [0.29, 0.717) is 5.39 Å². The van der Waals surface area contributed by atoms with Crippen molar-refractivity contribution in [1.82, 2.24) is 15.2 Å². The quantitative estimate of drug-likeness (QED) is 0.309. The number of carbonyl (C=O) groups is 4. The molecule has 8 heteroatoms. The first-order valence-electron chi connectivity index (χ1n) is 13.4. The van der Waals surface area contributed by atoms with Crippen molar-refractivity contribution in [3.63, 3.8) is 0 Å². The van der Waals surface area contributed by atoms with E-state index in [4.69, 9.17) is 4.74 Å². The van der Waals surface area contributed by atoms with Gasteiger partial charge in [-0.2, -0.15) is 0 Å². The number of nitrogens with zero attached hydrogens (tertiary/aromatic N) is 1. The molecule has 0 radical (unpaired) electrons. The second-order valence-corrected chi connectivity index (χ2v) is 10.0. The van der Waals surface area contributed by atoms with E-state index in [2.05, 4.69) is 10.3 Å². The fraction of sp³-hybridized carbons (Fsp3) is 0.571. The van der Waals surface area contributed by atoms with Gasteiger partial charge in [-0.05, 0) is 44.6 Å². The maximum atomic E-state index is 13.8. The summed E-state index contributed by atoms with van der Waals surface area (Å²) in [5.74, 6) is -2.58. The number of aromatic amines is 1. The highest BCUT2D eigenvalue weighted by atomic mass is 16.5. The first-order valence-corrected chi connectivity index (χ1v) is 13.4. The van der Waals surface area contributed by atoms with Gasteiger partial charge in [-0.3, -0.25) is 19.2 Å². The molecule has 0 aliphatic heterocycles. The lowest BCUT2D eigenvalue weighted by Gasteiger charge is -2.38. The summed E-state index contributed by atoms with van der Waals surface area (Å²) in [6.07, 6.45) is 11.1. The predicted molar refractivity (Wildman–Crippen MR) is 136 cm³/mol. The lowest BCUT2D eigenvalue weighted by molar-refractivity contribution is -0.152. The largest absolute Gasteiger partial charge is 0.465 e. The van der Waals surface area contributed by atoms with E-state index in [1.54, 1.807) is 19.1 Å². The van der Waals surface area contributed by atoms with Gasteiger partial charge in [-0.15, -0.1) is 0 Å².